The summed E-state index contributed by atoms with van der Waals surface area (Å²) >= 11 is 3.54. The van der Waals surface area contributed by atoms with Gasteiger partial charge in [-0.05, 0) is 47.0 Å². The molecule has 0 radical (unpaired) electrons. The average molecular weight is 510 g/mol. The molecule has 0 aliphatic carbocycles. The Hall–Kier alpha value is -3.64. The van der Waals surface area contributed by atoms with Gasteiger partial charge in [0.25, 0.3) is 5.56 Å². The Morgan fingerprint density at radius 3 is 2.73 bits per heavy atom. The monoisotopic (exact) mass is 509 g/mol. The largest absolute Gasteiger partial charge is 0.490 e. The Kier molecular flexibility index (Phi) is 8.61. The van der Waals surface area contributed by atoms with Crippen LogP contribution in [0.25, 0.3) is 11.3 Å². The number of halogens is 1. The third-order valence-corrected chi connectivity index (χ3v) is 5.13. The van der Waals surface area contributed by atoms with Crippen molar-refractivity contribution in [1.82, 2.24) is 9.97 Å². The molecule has 8 nitrogen and oxygen atoms in total. The lowest BCUT2D eigenvalue weighted by molar-refractivity contribution is 0.271. The number of unbranched alkanes of at least 4 members (excludes halogenated alkanes) is 1. The third kappa shape index (κ3) is 6.20. The lowest BCUT2D eigenvalue weighted by Gasteiger charge is -2.14. The van der Waals surface area contributed by atoms with Crippen molar-refractivity contribution in [1.29, 1.82) is 5.26 Å². The maximum absolute atomic E-state index is 12.4. The van der Waals surface area contributed by atoms with E-state index in [1.807, 2.05) is 43.3 Å². The fourth-order valence-electron chi connectivity index (χ4n) is 2.99. The summed E-state index contributed by atoms with van der Waals surface area (Å²) in [6.45, 7) is 5.11. The molecule has 0 fully saturated rings. The van der Waals surface area contributed by atoms with Crippen molar-refractivity contribution in [2.24, 2.45) is 5.10 Å². The van der Waals surface area contributed by atoms with Crippen LogP contribution in [0.5, 0.6) is 11.5 Å². The van der Waals surface area contributed by atoms with E-state index in [4.69, 9.17) is 9.47 Å². The molecule has 0 amide bonds. The van der Waals surface area contributed by atoms with E-state index in [0.29, 0.717) is 30.3 Å². The van der Waals surface area contributed by atoms with Gasteiger partial charge < -0.3 is 9.47 Å². The number of benzene rings is 2. The standard InChI is InChI=1S/C24H24BrN5O3/c1-3-5-11-33-22-19(25)12-16(13-20(22)32-4-2)15-27-30-24-28-21(17-9-7-6-8-10-17)18(14-26)23(31)29-24/h6-10,12-13,15H,3-5,11H2,1-2H3,(H2,28,29,30,31). The van der Waals surface area contributed by atoms with Crippen LogP contribution < -0.4 is 20.5 Å². The van der Waals surface area contributed by atoms with Crippen LogP contribution in [0.1, 0.15) is 37.8 Å². The number of nitriles is 1. The van der Waals surface area contributed by atoms with Crippen molar-refractivity contribution in [3.8, 4) is 28.8 Å². The first-order valence-electron chi connectivity index (χ1n) is 10.5. The summed E-state index contributed by atoms with van der Waals surface area (Å²) in [4.78, 5) is 19.3. The minimum Gasteiger partial charge on any atom is -0.490 e. The summed E-state index contributed by atoms with van der Waals surface area (Å²) in [6, 6.07) is 14.6. The molecular formula is C24H24BrN5O3. The summed E-state index contributed by atoms with van der Waals surface area (Å²) in [5, 5.41) is 13.6. The molecule has 3 aromatic rings. The molecule has 2 aromatic carbocycles. The average Bonchev–Trinajstić information content (AvgIpc) is 2.81. The number of hydrogen-bond acceptors (Lipinski definition) is 7. The zero-order valence-electron chi connectivity index (χ0n) is 18.4. The smallest absolute Gasteiger partial charge is 0.270 e. The van der Waals surface area contributed by atoms with Crippen LogP contribution in [0.3, 0.4) is 0 Å². The molecule has 0 spiro atoms. The Morgan fingerprint density at radius 1 is 1.24 bits per heavy atom. The fourth-order valence-corrected chi connectivity index (χ4v) is 3.56. The number of hydrogen-bond donors (Lipinski definition) is 2. The SMILES string of the molecule is CCCCOc1c(Br)cc(C=NNc2nc(-c3ccccc3)c(C#N)c(=O)[nH]2)cc1OCC. The van der Waals surface area contributed by atoms with Crippen LogP contribution >= 0.6 is 15.9 Å². The van der Waals surface area contributed by atoms with E-state index in [1.54, 1.807) is 18.3 Å². The molecule has 0 aliphatic rings. The zero-order valence-corrected chi connectivity index (χ0v) is 20.0. The van der Waals surface area contributed by atoms with Gasteiger partial charge in [-0.15, -0.1) is 0 Å². The number of aromatic amines is 1. The van der Waals surface area contributed by atoms with Crippen LogP contribution in [-0.2, 0) is 0 Å². The van der Waals surface area contributed by atoms with Gasteiger partial charge in [-0.25, -0.2) is 10.4 Å². The van der Waals surface area contributed by atoms with Crippen molar-refractivity contribution in [2.75, 3.05) is 18.6 Å². The topological polar surface area (TPSA) is 112 Å². The molecule has 0 saturated heterocycles. The molecule has 2 N–H and O–H groups in total. The molecule has 9 heteroatoms. The molecule has 170 valence electrons. The van der Waals surface area contributed by atoms with Crippen molar-refractivity contribution in [3.63, 3.8) is 0 Å². The predicted molar refractivity (Wildman–Crippen MR) is 132 cm³/mol. The van der Waals surface area contributed by atoms with Crippen molar-refractivity contribution in [3.05, 3.63) is 68.4 Å². The number of nitrogens with zero attached hydrogens (tertiary/aromatic N) is 3. The summed E-state index contributed by atoms with van der Waals surface area (Å²) in [5.74, 6) is 1.39. The second-order valence-corrected chi connectivity index (χ2v) is 7.81. The summed E-state index contributed by atoms with van der Waals surface area (Å²) in [5.41, 5.74) is 3.83. The summed E-state index contributed by atoms with van der Waals surface area (Å²) in [6.07, 6.45) is 3.56. The highest BCUT2D eigenvalue weighted by molar-refractivity contribution is 9.10. The minimum atomic E-state index is -0.543. The molecule has 0 bridgehead atoms. The lowest BCUT2D eigenvalue weighted by atomic mass is 10.1. The molecule has 3 rings (SSSR count). The highest BCUT2D eigenvalue weighted by Gasteiger charge is 2.14. The lowest BCUT2D eigenvalue weighted by Crippen LogP contribution is -2.16. The van der Waals surface area contributed by atoms with Crippen LogP contribution in [0, 0.1) is 11.3 Å². The molecule has 0 atom stereocenters. The highest BCUT2D eigenvalue weighted by atomic mass is 79.9. The number of H-pyrrole nitrogens is 1. The van der Waals surface area contributed by atoms with Crippen molar-refractivity contribution in [2.45, 2.75) is 26.7 Å². The highest BCUT2D eigenvalue weighted by Crippen LogP contribution is 2.36. The molecule has 0 aliphatic heterocycles. The zero-order chi connectivity index (χ0) is 23.6. The van der Waals surface area contributed by atoms with Gasteiger partial charge in [0.05, 0.1) is 29.6 Å². The van der Waals surface area contributed by atoms with Crippen LogP contribution in [0.15, 0.2) is 56.8 Å². The van der Waals surface area contributed by atoms with Gasteiger partial charge in [0, 0.05) is 5.56 Å². The number of anilines is 1. The first-order chi connectivity index (χ1) is 16.1. The van der Waals surface area contributed by atoms with Gasteiger partial charge in [-0.2, -0.15) is 10.4 Å². The maximum Gasteiger partial charge on any atom is 0.270 e. The predicted octanol–water partition coefficient (Wildman–Crippen LogP) is 5.09. The van der Waals surface area contributed by atoms with Gasteiger partial charge in [-0.3, -0.25) is 9.78 Å². The van der Waals surface area contributed by atoms with Gasteiger partial charge >= 0.3 is 0 Å². The number of ether oxygens (including phenoxy) is 2. The molecule has 1 heterocycles. The van der Waals surface area contributed by atoms with Crippen molar-refractivity contribution >= 4 is 28.1 Å². The summed E-state index contributed by atoms with van der Waals surface area (Å²) < 4.78 is 12.4. The number of nitrogens with one attached hydrogen (secondary N) is 2. The third-order valence-electron chi connectivity index (χ3n) is 4.54. The van der Waals surface area contributed by atoms with Gasteiger partial charge in [0.15, 0.2) is 11.5 Å². The summed E-state index contributed by atoms with van der Waals surface area (Å²) in [7, 11) is 0. The molecule has 33 heavy (non-hydrogen) atoms. The second-order valence-electron chi connectivity index (χ2n) is 6.95. The quantitative estimate of drug-likeness (QED) is 0.223. The fraction of sp³-hybridized carbons (Fsp3) is 0.250. The minimum absolute atomic E-state index is 0.0559. The normalized spacial score (nSPS) is 10.7. The van der Waals surface area contributed by atoms with E-state index in [1.165, 1.54) is 0 Å². The van der Waals surface area contributed by atoms with E-state index in [0.717, 1.165) is 22.9 Å². The van der Waals surface area contributed by atoms with Gasteiger partial charge in [-0.1, -0.05) is 43.7 Å². The Labute approximate surface area is 200 Å². The Bertz CT molecular complexity index is 1220. The van der Waals surface area contributed by atoms with E-state index >= 15 is 0 Å². The van der Waals surface area contributed by atoms with Crippen LogP contribution in [0.4, 0.5) is 5.95 Å². The van der Waals surface area contributed by atoms with E-state index in [-0.39, 0.29) is 17.2 Å². The molecule has 1 aromatic heterocycles. The van der Waals surface area contributed by atoms with Gasteiger partial charge in [0.2, 0.25) is 5.95 Å². The number of aromatic nitrogens is 2. The maximum atomic E-state index is 12.4. The molecular weight excluding hydrogens is 486 g/mol. The van der Waals surface area contributed by atoms with E-state index in [9.17, 15) is 10.1 Å². The number of rotatable bonds is 10. The Morgan fingerprint density at radius 2 is 2.03 bits per heavy atom. The first-order valence-corrected chi connectivity index (χ1v) is 11.3. The van der Waals surface area contributed by atoms with E-state index < -0.39 is 5.56 Å². The number of hydrazone groups is 1. The molecule has 0 saturated carbocycles. The first kappa shape index (κ1) is 24.0. The second kappa shape index (κ2) is 11.8. The van der Waals surface area contributed by atoms with E-state index in [2.05, 4.69) is 43.3 Å². The molecule has 0 unspecified atom stereocenters. The van der Waals surface area contributed by atoms with Crippen LogP contribution in [0.2, 0.25) is 0 Å². The van der Waals surface area contributed by atoms with Crippen LogP contribution in [-0.4, -0.2) is 29.4 Å². The Balaban J connectivity index is 1.84. The van der Waals surface area contributed by atoms with Crippen molar-refractivity contribution < 1.29 is 9.47 Å². The van der Waals surface area contributed by atoms with Gasteiger partial charge in [0.1, 0.15) is 11.6 Å².